The lowest BCUT2D eigenvalue weighted by Gasteiger charge is -2.22. The Hall–Kier alpha value is -3.33. The van der Waals surface area contributed by atoms with Gasteiger partial charge in [-0.15, -0.1) is 10.2 Å². The number of benzene rings is 2. The molecule has 0 aliphatic carbocycles. The summed E-state index contributed by atoms with van der Waals surface area (Å²) >= 11 is 1.17. The van der Waals surface area contributed by atoms with Crippen molar-refractivity contribution in [3.05, 3.63) is 74.4 Å². The van der Waals surface area contributed by atoms with E-state index < -0.39 is 0 Å². The number of ether oxygens (including phenoxy) is 1. The third kappa shape index (κ3) is 5.11. The van der Waals surface area contributed by atoms with Crippen LogP contribution < -0.4 is 10.5 Å². The molecule has 4 rings (SSSR count). The van der Waals surface area contributed by atoms with E-state index in [0.29, 0.717) is 35.1 Å². The van der Waals surface area contributed by atoms with E-state index in [2.05, 4.69) is 22.3 Å². The quantitative estimate of drug-likeness (QED) is 0.273. The Labute approximate surface area is 214 Å². The summed E-state index contributed by atoms with van der Waals surface area (Å²) in [5, 5.41) is 7.96. The normalized spacial score (nSPS) is 12.3. The minimum Gasteiger partial charge on any atom is -0.496 e. The molecule has 0 saturated carbocycles. The molecule has 0 radical (unpaired) electrons. The van der Waals surface area contributed by atoms with Crippen LogP contribution in [0.3, 0.4) is 0 Å². The van der Waals surface area contributed by atoms with Crippen molar-refractivity contribution in [1.29, 1.82) is 0 Å². The molecule has 0 amide bonds. The van der Waals surface area contributed by atoms with E-state index >= 15 is 0 Å². The number of unbranched alkanes of at least 4 members (excludes halogenated alkanes) is 1. The highest BCUT2D eigenvalue weighted by atomic mass is 32.2. The Morgan fingerprint density at radius 1 is 1.06 bits per heavy atom. The van der Waals surface area contributed by atoms with Gasteiger partial charge in [0, 0.05) is 26.3 Å². The summed E-state index contributed by atoms with van der Waals surface area (Å²) in [6.45, 7) is 5.70. The molecule has 0 fully saturated rings. The molecule has 0 bridgehead atoms. The Bertz CT molecular complexity index is 1470. The van der Waals surface area contributed by atoms with Crippen LogP contribution in [0, 0.1) is 20.8 Å². The Kier molecular flexibility index (Phi) is 7.68. The first kappa shape index (κ1) is 25.8. The van der Waals surface area contributed by atoms with Crippen molar-refractivity contribution < 1.29 is 18.4 Å². The van der Waals surface area contributed by atoms with Gasteiger partial charge in [0.2, 0.25) is 16.9 Å². The number of oxazole rings is 1. The molecular formula is C27H31N3O5S. The number of carbonyl (C=O) groups excluding carboxylic acids is 1. The van der Waals surface area contributed by atoms with E-state index in [-0.39, 0.29) is 16.8 Å². The van der Waals surface area contributed by atoms with Gasteiger partial charge in [-0.2, -0.15) is 0 Å². The van der Waals surface area contributed by atoms with Gasteiger partial charge in [-0.1, -0.05) is 30.3 Å². The zero-order valence-electron chi connectivity index (χ0n) is 21.5. The highest BCUT2D eigenvalue weighted by Gasteiger charge is 2.23. The van der Waals surface area contributed by atoms with Crippen molar-refractivity contribution in [2.24, 2.45) is 7.05 Å². The molecule has 2 aromatic carbocycles. The number of hydrogen-bond donors (Lipinski definition) is 0. The lowest BCUT2D eigenvalue weighted by molar-refractivity contribution is 0.108. The van der Waals surface area contributed by atoms with E-state index in [4.69, 9.17) is 13.6 Å². The van der Waals surface area contributed by atoms with E-state index in [0.717, 1.165) is 47.0 Å². The summed E-state index contributed by atoms with van der Waals surface area (Å²) in [4.78, 5) is 24.9. The average molecular weight is 510 g/mol. The largest absolute Gasteiger partial charge is 0.496 e. The molecule has 0 spiro atoms. The molecule has 4 aromatic rings. The van der Waals surface area contributed by atoms with Gasteiger partial charge in [-0.25, -0.2) is 4.79 Å². The van der Waals surface area contributed by atoms with E-state index in [1.54, 1.807) is 27.3 Å². The van der Waals surface area contributed by atoms with Crippen molar-refractivity contribution >= 4 is 28.0 Å². The SMILES string of the molecule is COc1c(C)cc(C(CCCCc2nnc(C)o2)c2cc(C)c3oc(=O)n(C)c3c2)cc1C(=O)SC. The topological polar surface area (TPSA) is 100 Å². The highest BCUT2D eigenvalue weighted by molar-refractivity contribution is 8.13. The number of rotatable bonds is 9. The standard InChI is InChI=1S/C27H31N3O5S/c1-15-11-18(13-21(24(15)33-5)26(31)36-6)20(9-7-8-10-23-29-28-17(3)34-23)19-12-16(2)25-22(14-19)30(4)27(32)35-25/h11-14,20H,7-10H2,1-6H3. The van der Waals surface area contributed by atoms with Gasteiger partial charge >= 0.3 is 5.76 Å². The van der Waals surface area contributed by atoms with E-state index in [9.17, 15) is 9.59 Å². The molecule has 1 atom stereocenters. The van der Waals surface area contributed by atoms with Crippen LogP contribution in [0.15, 0.2) is 37.9 Å². The second-order valence-corrected chi connectivity index (χ2v) is 9.82. The summed E-state index contributed by atoms with van der Waals surface area (Å²) < 4.78 is 18.1. The maximum absolute atomic E-state index is 12.8. The number of nitrogens with zero attached hydrogens (tertiary/aromatic N) is 3. The molecule has 36 heavy (non-hydrogen) atoms. The molecule has 0 aliphatic heterocycles. The zero-order valence-corrected chi connectivity index (χ0v) is 22.3. The summed E-state index contributed by atoms with van der Waals surface area (Å²) in [6, 6.07) is 8.14. The zero-order chi connectivity index (χ0) is 26.0. The van der Waals surface area contributed by atoms with Crippen molar-refractivity contribution in [3.63, 3.8) is 0 Å². The molecule has 0 saturated heterocycles. The molecule has 9 heteroatoms. The molecule has 190 valence electrons. The smallest absolute Gasteiger partial charge is 0.419 e. The second kappa shape index (κ2) is 10.7. The second-order valence-electron chi connectivity index (χ2n) is 9.04. The molecule has 2 aromatic heterocycles. The minimum atomic E-state index is -0.384. The lowest BCUT2D eigenvalue weighted by Crippen LogP contribution is -2.09. The van der Waals surface area contributed by atoms with Crippen LogP contribution in [-0.4, -0.2) is 33.2 Å². The number of thioether (sulfide) groups is 1. The summed E-state index contributed by atoms with van der Waals surface area (Å²) in [5.74, 6) is 1.43. The summed E-state index contributed by atoms with van der Waals surface area (Å²) in [7, 11) is 3.30. The average Bonchev–Trinajstić information content (AvgIpc) is 3.40. The Morgan fingerprint density at radius 3 is 2.44 bits per heavy atom. The fourth-order valence-electron chi connectivity index (χ4n) is 4.74. The van der Waals surface area contributed by atoms with Gasteiger partial charge in [0.15, 0.2) is 5.58 Å². The van der Waals surface area contributed by atoms with Gasteiger partial charge in [-0.3, -0.25) is 9.36 Å². The maximum Gasteiger partial charge on any atom is 0.419 e. The predicted octanol–water partition coefficient (Wildman–Crippen LogP) is 5.50. The van der Waals surface area contributed by atoms with E-state index in [1.165, 1.54) is 16.3 Å². The fraction of sp³-hybridized carbons (Fsp3) is 0.407. The van der Waals surface area contributed by atoms with Gasteiger partial charge in [0.05, 0.1) is 18.2 Å². The van der Waals surface area contributed by atoms with Crippen molar-refractivity contribution in [2.45, 2.75) is 52.4 Å². The number of hydrogen-bond acceptors (Lipinski definition) is 8. The van der Waals surface area contributed by atoms with Crippen LogP contribution in [0.5, 0.6) is 5.75 Å². The monoisotopic (exact) mass is 509 g/mol. The summed E-state index contributed by atoms with van der Waals surface area (Å²) in [5.41, 5.74) is 5.83. The van der Waals surface area contributed by atoms with Crippen LogP contribution in [0.1, 0.15) is 69.6 Å². The number of carbonyl (C=O) groups is 1. The van der Waals surface area contributed by atoms with Crippen molar-refractivity contribution in [3.8, 4) is 5.75 Å². The molecule has 2 heterocycles. The lowest BCUT2D eigenvalue weighted by atomic mass is 9.84. The van der Waals surface area contributed by atoms with Crippen molar-refractivity contribution in [2.75, 3.05) is 13.4 Å². The third-order valence-corrected chi connectivity index (χ3v) is 7.11. The molecular weight excluding hydrogens is 478 g/mol. The van der Waals surface area contributed by atoms with Crippen molar-refractivity contribution in [1.82, 2.24) is 14.8 Å². The molecule has 8 nitrogen and oxygen atoms in total. The first-order chi connectivity index (χ1) is 17.2. The van der Waals surface area contributed by atoms with Crippen LogP contribution in [0.25, 0.3) is 11.1 Å². The fourth-order valence-corrected chi connectivity index (χ4v) is 5.12. The van der Waals surface area contributed by atoms with Gasteiger partial charge in [0.25, 0.3) is 0 Å². The van der Waals surface area contributed by atoms with Crippen LogP contribution >= 0.6 is 11.8 Å². The molecule has 1 unspecified atom stereocenters. The highest BCUT2D eigenvalue weighted by Crippen LogP contribution is 2.37. The van der Waals surface area contributed by atoms with Gasteiger partial charge in [0.1, 0.15) is 5.75 Å². The van der Waals surface area contributed by atoms with Crippen LogP contribution in [-0.2, 0) is 13.5 Å². The first-order valence-corrected chi connectivity index (χ1v) is 13.1. The molecule has 0 N–H and O–H groups in total. The Balaban J connectivity index is 1.75. The maximum atomic E-state index is 12.8. The number of aryl methyl sites for hydroxylation is 5. The first-order valence-electron chi connectivity index (χ1n) is 11.9. The predicted molar refractivity (Wildman–Crippen MR) is 140 cm³/mol. The minimum absolute atomic E-state index is 0.000496. The van der Waals surface area contributed by atoms with Gasteiger partial charge in [-0.05, 0) is 67.3 Å². The van der Waals surface area contributed by atoms with E-state index in [1.807, 2.05) is 26.0 Å². The van der Waals surface area contributed by atoms with Crippen LogP contribution in [0.4, 0.5) is 0 Å². The van der Waals surface area contributed by atoms with Crippen LogP contribution in [0.2, 0.25) is 0 Å². The molecule has 0 aliphatic rings. The van der Waals surface area contributed by atoms with Gasteiger partial charge < -0.3 is 13.6 Å². The number of methoxy groups -OCH3 is 1. The number of fused-ring (bicyclic) bond motifs is 1. The Morgan fingerprint density at radius 2 is 1.78 bits per heavy atom. The number of aromatic nitrogens is 3. The third-order valence-electron chi connectivity index (χ3n) is 6.51. The summed E-state index contributed by atoms with van der Waals surface area (Å²) in [6.07, 6.45) is 5.11.